The summed E-state index contributed by atoms with van der Waals surface area (Å²) in [5, 5.41) is 6.30. The second-order valence-electron chi connectivity index (χ2n) is 5.78. The van der Waals surface area contributed by atoms with Crippen LogP contribution in [0.1, 0.15) is 0 Å². The monoisotopic (exact) mass is 344 g/mol. The van der Waals surface area contributed by atoms with Gasteiger partial charge in [0, 0.05) is 30.8 Å². The van der Waals surface area contributed by atoms with Crippen LogP contribution in [0.2, 0.25) is 0 Å². The molecule has 0 aliphatic carbocycles. The fraction of sp³-hybridized carbons (Fsp3) is 0.0500. The van der Waals surface area contributed by atoms with Crippen molar-refractivity contribution < 1.29 is 0 Å². The minimum atomic E-state index is 0.624. The standard InChI is InChI=1S/C20H16N4S/c1-24(17-8-6-14-4-2-3-5-15(14)12-17)20(25)23-16-7-9-18-19(13-16)22-11-10-21-18/h2-13H,1H3,(H,23,25). The Kier molecular flexibility index (Phi) is 3.99. The molecule has 0 spiro atoms. The van der Waals surface area contributed by atoms with Crippen LogP contribution in [0.15, 0.2) is 73.1 Å². The summed E-state index contributed by atoms with van der Waals surface area (Å²) in [7, 11) is 1.96. The average Bonchev–Trinajstić information content (AvgIpc) is 2.67. The zero-order chi connectivity index (χ0) is 17.2. The summed E-state index contributed by atoms with van der Waals surface area (Å²) in [5.74, 6) is 0. The van der Waals surface area contributed by atoms with Crippen LogP contribution in [0.3, 0.4) is 0 Å². The first kappa shape index (κ1) is 15.5. The van der Waals surface area contributed by atoms with Crippen LogP contribution < -0.4 is 10.2 Å². The highest BCUT2D eigenvalue weighted by Crippen LogP contribution is 2.22. The normalized spacial score (nSPS) is 10.8. The Labute approximate surface area is 151 Å². The fourth-order valence-electron chi connectivity index (χ4n) is 2.75. The number of hydrogen-bond acceptors (Lipinski definition) is 3. The number of anilines is 2. The van der Waals surface area contributed by atoms with Crippen LogP contribution in [-0.4, -0.2) is 22.1 Å². The molecule has 1 aromatic heterocycles. The Hall–Kier alpha value is -3.05. The first-order chi connectivity index (χ1) is 12.2. The molecule has 0 amide bonds. The summed E-state index contributed by atoms with van der Waals surface area (Å²) < 4.78 is 0. The van der Waals surface area contributed by atoms with Gasteiger partial charge in [-0.25, -0.2) is 0 Å². The molecule has 4 rings (SSSR count). The van der Waals surface area contributed by atoms with Gasteiger partial charge >= 0.3 is 0 Å². The molecule has 25 heavy (non-hydrogen) atoms. The molecule has 4 aromatic rings. The summed E-state index contributed by atoms with van der Waals surface area (Å²) in [4.78, 5) is 10.6. The molecule has 1 heterocycles. The third-order valence-electron chi connectivity index (χ3n) is 4.15. The number of nitrogens with zero attached hydrogens (tertiary/aromatic N) is 3. The van der Waals surface area contributed by atoms with E-state index in [1.807, 2.05) is 42.3 Å². The Balaban J connectivity index is 1.57. The van der Waals surface area contributed by atoms with E-state index in [0.29, 0.717) is 5.11 Å². The molecule has 0 saturated carbocycles. The zero-order valence-electron chi connectivity index (χ0n) is 13.7. The van der Waals surface area contributed by atoms with E-state index < -0.39 is 0 Å². The number of fused-ring (bicyclic) bond motifs is 2. The molecule has 4 nitrogen and oxygen atoms in total. The summed E-state index contributed by atoms with van der Waals surface area (Å²) in [5.41, 5.74) is 3.63. The molecule has 5 heteroatoms. The molecule has 3 aromatic carbocycles. The van der Waals surface area contributed by atoms with Gasteiger partial charge in [0.15, 0.2) is 5.11 Å². The molecule has 0 aliphatic rings. The lowest BCUT2D eigenvalue weighted by atomic mass is 10.1. The predicted octanol–water partition coefficient (Wildman–Crippen LogP) is 4.62. The number of nitrogens with one attached hydrogen (secondary N) is 1. The molecular weight excluding hydrogens is 328 g/mol. The van der Waals surface area contributed by atoms with Gasteiger partial charge in [0.05, 0.1) is 11.0 Å². The van der Waals surface area contributed by atoms with Gasteiger partial charge in [0.1, 0.15) is 0 Å². The molecule has 0 saturated heterocycles. The quantitative estimate of drug-likeness (QED) is 0.538. The van der Waals surface area contributed by atoms with Crippen molar-refractivity contribution in [2.45, 2.75) is 0 Å². The van der Waals surface area contributed by atoms with Crippen LogP contribution in [0.25, 0.3) is 21.8 Å². The van der Waals surface area contributed by atoms with E-state index in [2.05, 4.69) is 45.6 Å². The smallest absolute Gasteiger partial charge is 0.177 e. The van der Waals surface area contributed by atoms with Gasteiger partial charge in [-0.15, -0.1) is 0 Å². The summed E-state index contributed by atoms with van der Waals surface area (Å²) in [6.45, 7) is 0. The Morgan fingerprint density at radius 3 is 2.48 bits per heavy atom. The number of hydrogen-bond donors (Lipinski definition) is 1. The predicted molar refractivity (Wildman–Crippen MR) is 108 cm³/mol. The largest absolute Gasteiger partial charge is 0.332 e. The van der Waals surface area contributed by atoms with Gasteiger partial charge in [-0.2, -0.15) is 0 Å². The van der Waals surface area contributed by atoms with Crippen LogP contribution in [0.5, 0.6) is 0 Å². The van der Waals surface area contributed by atoms with Crippen molar-refractivity contribution in [2.75, 3.05) is 17.3 Å². The van der Waals surface area contributed by atoms with Crippen LogP contribution in [0.4, 0.5) is 11.4 Å². The second kappa shape index (κ2) is 6.45. The highest BCUT2D eigenvalue weighted by atomic mass is 32.1. The number of aromatic nitrogens is 2. The van der Waals surface area contributed by atoms with Crippen LogP contribution >= 0.6 is 12.2 Å². The molecule has 0 atom stereocenters. The number of rotatable bonds is 2. The van der Waals surface area contributed by atoms with E-state index in [0.717, 1.165) is 22.4 Å². The first-order valence-electron chi connectivity index (χ1n) is 7.95. The van der Waals surface area contributed by atoms with E-state index in [9.17, 15) is 0 Å². The molecular formula is C20H16N4S. The summed E-state index contributed by atoms with van der Waals surface area (Å²) >= 11 is 5.56. The Morgan fingerprint density at radius 2 is 1.64 bits per heavy atom. The zero-order valence-corrected chi connectivity index (χ0v) is 14.5. The maximum Gasteiger partial charge on any atom is 0.177 e. The van der Waals surface area contributed by atoms with Crippen molar-refractivity contribution in [1.82, 2.24) is 9.97 Å². The molecule has 0 radical (unpaired) electrons. The van der Waals surface area contributed by atoms with E-state index in [1.54, 1.807) is 12.4 Å². The molecule has 0 unspecified atom stereocenters. The van der Waals surface area contributed by atoms with E-state index in [4.69, 9.17) is 12.2 Å². The summed E-state index contributed by atoms with van der Waals surface area (Å²) in [6.07, 6.45) is 3.37. The minimum Gasteiger partial charge on any atom is -0.332 e. The molecule has 0 fully saturated rings. The third kappa shape index (κ3) is 3.14. The van der Waals surface area contributed by atoms with Crippen molar-refractivity contribution in [1.29, 1.82) is 0 Å². The first-order valence-corrected chi connectivity index (χ1v) is 8.36. The van der Waals surface area contributed by atoms with Gasteiger partial charge in [-0.1, -0.05) is 30.3 Å². The molecule has 0 aliphatic heterocycles. The minimum absolute atomic E-state index is 0.624. The highest BCUT2D eigenvalue weighted by Gasteiger charge is 2.08. The van der Waals surface area contributed by atoms with Gasteiger partial charge in [0.25, 0.3) is 0 Å². The Morgan fingerprint density at radius 1 is 0.880 bits per heavy atom. The lowest BCUT2D eigenvalue weighted by molar-refractivity contribution is 1.28. The molecule has 0 bridgehead atoms. The average molecular weight is 344 g/mol. The maximum atomic E-state index is 5.56. The lowest BCUT2D eigenvalue weighted by Gasteiger charge is -2.21. The van der Waals surface area contributed by atoms with Crippen LogP contribution in [-0.2, 0) is 0 Å². The summed E-state index contributed by atoms with van der Waals surface area (Å²) in [6, 6.07) is 20.4. The van der Waals surface area contributed by atoms with Crippen molar-refractivity contribution in [3.05, 3.63) is 73.1 Å². The molecule has 1 N–H and O–H groups in total. The van der Waals surface area contributed by atoms with Gasteiger partial charge in [-0.3, -0.25) is 9.97 Å². The lowest BCUT2D eigenvalue weighted by Crippen LogP contribution is -2.30. The van der Waals surface area contributed by atoms with Crippen molar-refractivity contribution >= 4 is 50.5 Å². The topological polar surface area (TPSA) is 41.0 Å². The van der Waals surface area contributed by atoms with Crippen LogP contribution in [0, 0.1) is 0 Å². The highest BCUT2D eigenvalue weighted by molar-refractivity contribution is 7.80. The third-order valence-corrected chi connectivity index (χ3v) is 4.52. The Bertz CT molecular complexity index is 1080. The van der Waals surface area contributed by atoms with Gasteiger partial charge < -0.3 is 10.2 Å². The maximum absolute atomic E-state index is 5.56. The molecule has 122 valence electrons. The van der Waals surface area contributed by atoms with Crippen molar-refractivity contribution in [3.63, 3.8) is 0 Å². The van der Waals surface area contributed by atoms with Crippen molar-refractivity contribution in [2.24, 2.45) is 0 Å². The van der Waals surface area contributed by atoms with Crippen molar-refractivity contribution in [3.8, 4) is 0 Å². The number of benzene rings is 3. The van der Waals surface area contributed by atoms with E-state index in [1.165, 1.54) is 10.8 Å². The van der Waals surface area contributed by atoms with Gasteiger partial charge in [0.2, 0.25) is 0 Å². The number of thiocarbonyl (C=S) groups is 1. The second-order valence-corrected chi connectivity index (χ2v) is 6.17. The van der Waals surface area contributed by atoms with E-state index in [-0.39, 0.29) is 0 Å². The fourth-order valence-corrected chi connectivity index (χ4v) is 2.97. The van der Waals surface area contributed by atoms with E-state index >= 15 is 0 Å². The van der Waals surface area contributed by atoms with Gasteiger partial charge in [-0.05, 0) is 53.3 Å². The SMILES string of the molecule is CN(C(=S)Nc1ccc2nccnc2c1)c1ccc2ccccc2c1.